The van der Waals surface area contributed by atoms with Crippen LogP contribution < -0.4 is 10.2 Å². The van der Waals surface area contributed by atoms with E-state index in [4.69, 9.17) is 10.1 Å². The summed E-state index contributed by atoms with van der Waals surface area (Å²) in [4.78, 5) is 9.24. The summed E-state index contributed by atoms with van der Waals surface area (Å²) in [6, 6.07) is 8.54. The Balaban J connectivity index is 1.51. The maximum absolute atomic E-state index is 16.2. The zero-order chi connectivity index (χ0) is 25.7. The normalized spacial score (nSPS) is 21.2. The van der Waals surface area contributed by atoms with Gasteiger partial charge in [0.1, 0.15) is 11.5 Å². The zero-order valence-corrected chi connectivity index (χ0v) is 22.1. The smallest absolute Gasteiger partial charge is 0.194 e. The molecule has 4 heterocycles. The summed E-state index contributed by atoms with van der Waals surface area (Å²) in [5.74, 6) is 1.02. The van der Waals surface area contributed by atoms with Crippen molar-refractivity contribution in [2.75, 3.05) is 31.6 Å². The van der Waals surface area contributed by atoms with E-state index in [1.807, 2.05) is 7.05 Å². The molecule has 2 bridgehead atoms. The molecule has 2 fully saturated rings. The molecule has 1 saturated heterocycles. The number of piperidine rings is 1. The number of anilines is 1. The molecule has 0 amide bonds. The number of allylic oxidation sites excluding steroid dienone is 1. The molecule has 2 aromatic heterocycles. The van der Waals surface area contributed by atoms with E-state index in [-0.39, 0.29) is 11.9 Å². The van der Waals surface area contributed by atoms with Crippen molar-refractivity contribution in [1.29, 1.82) is 0 Å². The number of benzene rings is 1. The van der Waals surface area contributed by atoms with E-state index >= 15 is 4.39 Å². The highest BCUT2D eigenvalue weighted by Gasteiger charge is 2.34. The highest BCUT2D eigenvalue weighted by molar-refractivity contribution is 5.67. The molecule has 3 aromatic rings. The number of halogens is 1. The van der Waals surface area contributed by atoms with Gasteiger partial charge in [-0.1, -0.05) is 30.9 Å². The largest absolute Gasteiger partial charge is 0.387 e. The lowest BCUT2D eigenvalue weighted by Gasteiger charge is -2.38. The van der Waals surface area contributed by atoms with Gasteiger partial charge < -0.3 is 15.1 Å². The van der Waals surface area contributed by atoms with Crippen molar-refractivity contribution in [2.45, 2.75) is 63.8 Å². The Morgan fingerprint density at radius 1 is 1.05 bits per heavy atom. The average Bonchev–Trinajstić information content (AvgIpc) is 3.70. The number of likely N-dealkylation sites (N-methyl/N-ethyl adjacent to an activating group) is 1. The number of rotatable bonds is 1. The van der Waals surface area contributed by atoms with E-state index in [0.717, 1.165) is 93.0 Å². The third-order valence-corrected chi connectivity index (χ3v) is 8.21. The lowest BCUT2D eigenvalue weighted by atomic mass is 9.93. The maximum atomic E-state index is 16.2. The van der Waals surface area contributed by atoms with Crippen LogP contribution in [0.4, 0.5) is 10.2 Å². The molecule has 0 radical (unpaired) electrons. The fourth-order valence-electron chi connectivity index (χ4n) is 5.84. The number of hydrogen-bond acceptors (Lipinski definition) is 5. The predicted molar refractivity (Wildman–Crippen MR) is 147 cm³/mol. The van der Waals surface area contributed by atoms with Gasteiger partial charge in [0.2, 0.25) is 0 Å². The highest BCUT2D eigenvalue weighted by atomic mass is 19.1. The molecule has 37 heavy (non-hydrogen) atoms. The molecule has 1 aliphatic carbocycles. The third kappa shape index (κ3) is 4.49. The Labute approximate surface area is 218 Å². The molecule has 3 aliphatic rings. The van der Waals surface area contributed by atoms with Crippen molar-refractivity contribution in [3.8, 4) is 0 Å². The lowest BCUT2D eigenvalue weighted by Crippen LogP contribution is -2.33. The van der Waals surface area contributed by atoms with Crippen LogP contribution in [0.15, 0.2) is 43.1 Å². The summed E-state index contributed by atoms with van der Waals surface area (Å²) in [5, 5.41) is 8.42. The number of nitrogens with one attached hydrogen (secondary N) is 1. The maximum Gasteiger partial charge on any atom is 0.194 e. The van der Waals surface area contributed by atoms with Gasteiger partial charge in [-0.2, -0.15) is 9.61 Å². The second kappa shape index (κ2) is 9.51. The van der Waals surface area contributed by atoms with Crippen LogP contribution in [-0.4, -0.2) is 46.2 Å². The Hall–Kier alpha value is -3.35. The van der Waals surface area contributed by atoms with Crippen molar-refractivity contribution >= 4 is 17.2 Å². The number of fused-ring (bicyclic) bond motifs is 4. The van der Waals surface area contributed by atoms with Crippen LogP contribution in [0.1, 0.15) is 78.6 Å². The van der Waals surface area contributed by atoms with Crippen LogP contribution in [0.2, 0.25) is 0 Å². The summed E-state index contributed by atoms with van der Waals surface area (Å²) in [5.41, 5.74) is 7.38. The lowest BCUT2D eigenvalue weighted by molar-refractivity contribution is 0.221. The van der Waals surface area contributed by atoms with Gasteiger partial charge in [-0.3, -0.25) is 0 Å². The first-order valence-corrected chi connectivity index (χ1v) is 13.7. The molecule has 1 atom stereocenters. The Morgan fingerprint density at radius 2 is 1.89 bits per heavy atom. The Kier molecular flexibility index (Phi) is 6.17. The molecule has 7 heteroatoms. The second-order valence-corrected chi connectivity index (χ2v) is 11.0. The van der Waals surface area contributed by atoms with E-state index in [1.165, 1.54) is 11.1 Å². The van der Waals surface area contributed by atoms with E-state index in [9.17, 15) is 0 Å². The van der Waals surface area contributed by atoms with Gasteiger partial charge in [0.25, 0.3) is 0 Å². The molecular formula is C30H37FN6. The number of nitrogens with zero attached hydrogens (tertiary/aromatic N) is 5. The first kappa shape index (κ1) is 24.0. The van der Waals surface area contributed by atoms with E-state index in [2.05, 4.69) is 59.5 Å². The number of aromatic nitrogens is 3. The molecule has 6 nitrogen and oxygen atoms in total. The monoisotopic (exact) mass is 500 g/mol. The first-order chi connectivity index (χ1) is 17.9. The Morgan fingerprint density at radius 3 is 2.70 bits per heavy atom. The van der Waals surface area contributed by atoms with Crippen LogP contribution >= 0.6 is 0 Å². The van der Waals surface area contributed by atoms with Crippen molar-refractivity contribution in [3.63, 3.8) is 0 Å². The molecule has 0 spiro atoms. The van der Waals surface area contributed by atoms with E-state index in [0.29, 0.717) is 17.3 Å². The van der Waals surface area contributed by atoms with Crippen LogP contribution in [0.5, 0.6) is 0 Å². The van der Waals surface area contributed by atoms with Crippen LogP contribution in [-0.2, 0) is 6.42 Å². The number of hydrogen-bond donors (Lipinski definition) is 1. The fraction of sp³-hybridized carbons (Fsp3) is 0.467. The van der Waals surface area contributed by atoms with Gasteiger partial charge in [0, 0.05) is 61.3 Å². The minimum atomic E-state index is -0.290. The van der Waals surface area contributed by atoms with Crippen molar-refractivity contribution in [1.82, 2.24) is 24.8 Å². The van der Waals surface area contributed by atoms with Gasteiger partial charge in [-0.05, 0) is 63.5 Å². The van der Waals surface area contributed by atoms with Gasteiger partial charge in [0.15, 0.2) is 11.5 Å². The zero-order valence-electron chi connectivity index (χ0n) is 22.1. The highest BCUT2D eigenvalue weighted by Crippen LogP contribution is 2.42. The van der Waals surface area contributed by atoms with Gasteiger partial charge in [-0.25, -0.2) is 9.37 Å². The molecule has 194 valence electrons. The minimum Gasteiger partial charge on any atom is -0.387 e. The van der Waals surface area contributed by atoms with Gasteiger partial charge in [0.05, 0.1) is 6.04 Å². The topological polar surface area (TPSA) is 48.7 Å². The van der Waals surface area contributed by atoms with E-state index in [1.54, 1.807) is 4.52 Å². The molecule has 1 saturated carbocycles. The van der Waals surface area contributed by atoms with Crippen molar-refractivity contribution in [3.05, 3.63) is 77.0 Å². The van der Waals surface area contributed by atoms with Gasteiger partial charge in [-0.15, -0.1) is 0 Å². The third-order valence-electron chi connectivity index (χ3n) is 8.21. The van der Waals surface area contributed by atoms with Crippen LogP contribution in [0.3, 0.4) is 0 Å². The minimum absolute atomic E-state index is 0.164. The fourth-order valence-corrected chi connectivity index (χ4v) is 5.84. The van der Waals surface area contributed by atoms with Crippen molar-refractivity contribution in [2.24, 2.45) is 0 Å². The summed E-state index contributed by atoms with van der Waals surface area (Å²) in [6.07, 6.45) is 6.92. The summed E-state index contributed by atoms with van der Waals surface area (Å²) in [7, 11) is 2.05. The number of aryl methyl sites for hydroxylation is 2. The van der Waals surface area contributed by atoms with Gasteiger partial charge >= 0.3 is 0 Å². The molecule has 2 aliphatic heterocycles. The predicted octanol–water partition coefficient (Wildman–Crippen LogP) is 5.74. The summed E-state index contributed by atoms with van der Waals surface area (Å²) >= 11 is 0. The molecular weight excluding hydrogens is 463 g/mol. The Bertz CT molecular complexity index is 1370. The first-order valence-electron chi connectivity index (χ1n) is 13.7. The molecule has 6 rings (SSSR count). The standard InChI is InChI=1S/C30H37FN6/c1-19-8-10-22-11-9-20(2)32-14-16-35(4)27-18-25(23-12-13-23)33-30-28(31)29(34-37(27)30)26-7-5-6-15-36(26)21(3)24(22)17-19/h8,10,17-18,23,26,32H,2-3,5-7,9,11-16H2,1,4H3/t26-/m0/s1. The quantitative estimate of drug-likeness (QED) is 0.462. The van der Waals surface area contributed by atoms with E-state index < -0.39 is 0 Å². The van der Waals surface area contributed by atoms with Crippen LogP contribution in [0, 0.1) is 12.7 Å². The molecule has 1 N–H and O–H groups in total. The summed E-state index contributed by atoms with van der Waals surface area (Å²) < 4.78 is 18.0. The van der Waals surface area contributed by atoms with Crippen molar-refractivity contribution < 1.29 is 4.39 Å². The van der Waals surface area contributed by atoms with Crippen LogP contribution in [0.25, 0.3) is 11.3 Å². The molecule has 1 aromatic carbocycles. The average molecular weight is 501 g/mol. The molecule has 0 unspecified atom stereocenters. The SMILES string of the molecule is C=C1CCc2ccc(C)cc2C(=C)N2CCCC[C@H]2c2nn3c(cc(C4CC4)nc3c2F)N(C)CCN1. The second-order valence-electron chi connectivity index (χ2n) is 11.0. The summed E-state index contributed by atoms with van der Waals surface area (Å²) in [6.45, 7) is 13.3.